The highest BCUT2D eigenvalue weighted by molar-refractivity contribution is 7.10. The molecular formula is C16H24N4O2S. The second-order valence-corrected chi connectivity index (χ2v) is 6.61. The highest BCUT2D eigenvalue weighted by Crippen LogP contribution is 2.23. The quantitative estimate of drug-likeness (QED) is 0.758. The van der Waals surface area contributed by atoms with Gasteiger partial charge >= 0.3 is 6.03 Å². The Morgan fingerprint density at radius 3 is 2.78 bits per heavy atom. The number of thiophene rings is 1. The minimum atomic E-state index is -0.559. The highest BCUT2D eigenvalue weighted by Gasteiger charge is 2.17. The molecule has 2 amide bonds. The topological polar surface area (TPSA) is 79.2 Å². The smallest absolute Gasteiger partial charge is 0.319 e. The van der Waals surface area contributed by atoms with E-state index in [0.29, 0.717) is 6.42 Å². The Balaban J connectivity index is 1.90. The van der Waals surface area contributed by atoms with Crippen molar-refractivity contribution in [3.05, 3.63) is 33.8 Å². The van der Waals surface area contributed by atoms with E-state index in [4.69, 9.17) is 0 Å². The van der Waals surface area contributed by atoms with Gasteiger partial charge in [0.15, 0.2) is 0 Å². The number of nitrogens with zero attached hydrogens (tertiary/aromatic N) is 2. The van der Waals surface area contributed by atoms with Crippen molar-refractivity contribution in [3.63, 3.8) is 0 Å². The fourth-order valence-corrected chi connectivity index (χ4v) is 3.27. The summed E-state index contributed by atoms with van der Waals surface area (Å²) in [6, 6.07) is 3.38. The molecular weight excluding hydrogens is 312 g/mol. The molecule has 0 aliphatic carbocycles. The Labute approximate surface area is 140 Å². The van der Waals surface area contributed by atoms with Crippen molar-refractivity contribution in [3.8, 4) is 0 Å². The standard InChI is InChI=1S/C16H24N4O2S/c1-5-20-12(4)15(11(3)19-20)18-16(22)17-10(2)9-13(21)14-7-6-8-23-14/h6-8,10,13,21H,5,9H2,1-4H3,(H2,17,18,22). The summed E-state index contributed by atoms with van der Waals surface area (Å²) in [6.07, 6.45) is -0.0864. The molecule has 7 heteroatoms. The number of aliphatic hydroxyl groups excluding tert-OH is 1. The number of anilines is 1. The predicted octanol–water partition coefficient (Wildman–Crippen LogP) is 3.22. The summed E-state index contributed by atoms with van der Waals surface area (Å²) in [7, 11) is 0. The van der Waals surface area contributed by atoms with Crippen molar-refractivity contribution >= 4 is 23.1 Å². The maximum atomic E-state index is 12.2. The summed E-state index contributed by atoms with van der Waals surface area (Å²) >= 11 is 1.51. The number of urea groups is 1. The number of aliphatic hydroxyl groups is 1. The van der Waals surface area contributed by atoms with Gasteiger partial charge < -0.3 is 15.7 Å². The molecule has 2 unspecified atom stereocenters. The number of aromatic nitrogens is 2. The maximum Gasteiger partial charge on any atom is 0.319 e. The van der Waals surface area contributed by atoms with Crippen LogP contribution in [0.1, 0.15) is 42.6 Å². The van der Waals surface area contributed by atoms with Crippen LogP contribution in [0.4, 0.5) is 10.5 Å². The molecule has 0 radical (unpaired) electrons. The van der Waals surface area contributed by atoms with Crippen molar-refractivity contribution < 1.29 is 9.90 Å². The van der Waals surface area contributed by atoms with Crippen LogP contribution >= 0.6 is 11.3 Å². The molecule has 0 saturated carbocycles. The van der Waals surface area contributed by atoms with Gasteiger partial charge in [-0.25, -0.2) is 4.79 Å². The molecule has 2 aromatic rings. The zero-order valence-electron chi connectivity index (χ0n) is 14.0. The number of hydrogen-bond acceptors (Lipinski definition) is 4. The summed E-state index contributed by atoms with van der Waals surface area (Å²) in [4.78, 5) is 13.1. The zero-order valence-corrected chi connectivity index (χ0v) is 14.8. The molecule has 2 aromatic heterocycles. The second-order valence-electron chi connectivity index (χ2n) is 5.63. The first-order chi connectivity index (χ1) is 10.9. The van der Waals surface area contributed by atoms with Crippen LogP contribution in [0.15, 0.2) is 17.5 Å². The van der Waals surface area contributed by atoms with Gasteiger partial charge in [0, 0.05) is 17.5 Å². The first-order valence-electron chi connectivity index (χ1n) is 7.75. The summed E-state index contributed by atoms with van der Waals surface area (Å²) in [5, 5.41) is 22.2. The third kappa shape index (κ3) is 4.33. The molecule has 126 valence electrons. The average Bonchev–Trinajstić information content (AvgIpc) is 3.10. The van der Waals surface area contributed by atoms with Gasteiger partial charge in [-0.3, -0.25) is 4.68 Å². The van der Waals surface area contributed by atoms with Crippen molar-refractivity contribution in [2.45, 2.75) is 52.8 Å². The van der Waals surface area contributed by atoms with Crippen molar-refractivity contribution in [2.24, 2.45) is 0 Å². The van der Waals surface area contributed by atoms with Gasteiger partial charge in [0.1, 0.15) is 0 Å². The number of carbonyl (C=O) groups is 1. The Hall–Kier alpha value is -1.86. The van der Waals surface area contributed by atoms with E-state index in [-0.39, 0.29) is 12.1 Å². The minimum absolute atomic E-state index is 0.145. The summed E-state index contributed by atoms with van der Waals surface area (Å²) in [6.45, 7) is 8.46. The average molecular weight is 336 g/mol. The minimum Gasteiger partial charge on any atom is -0.387 e. The first kappa shape index (κ1) is 17.5. The van der Waals surface area contributed by atoms with Gasteiger partial charge in [-0.2, -0.15) is 5.10 Å². The van der Waals surface area contributed by atoms with E-state index in [1.54, 1.807) is 0 Å². The van der Waals surface area contributed by atoms with Crippen LogP contribution in [0.2, 0.25) is 0 Å². The summed E-state index contributed by atoms with van der Waals surface area (Å²) in [5.41, 5.74) is 2.48. The fraction of sp³-hybridized carbons (Fsp3) is 0.500. The van der Waals surface area contributed by atoms with Crippen LogP contribution in [-0.4, -0.2) is 27.0 Å². The monoisotopic (exact) mass is 336 g/mol. The van der Waals surface area contributed by atoms with Crippen LogP contribution in [0, 0.1) is 13.8 Å². The van der Waals surface area contributed by atoms with E-state index in [9.17, 15) is 9.90 Å². The number of hydrogen-bond donors (Lipinski definition) is 3. The van der Waals surface area contributed by atoms with Gasteiger partial charge in [-0.05, 0) is 45.6 Å². The summed E-state index contributed by atoms with van der Waals surface area (Å²) < 4.78 is 1.86. The van der Waals surface area contributed by atoms with E-state index in [0.717, 1.165) is 28.5 Å². The van der Waals surface area contributed by atoms with Gasteiger partial charge in [0.2, 0.25) is 0 Å². The van der Waals surface area contributed by atoms with Crippen LogP contribution in [0.25, 0.3) is 0 Å². The van der Waals surface area contributed by atoms with Crippen LogP contribution in [-0.2, 0) is 6.54 Å². The van der Waals surface area contributed by atoms with Crippen LogP contribution in [0.5, 0.6) is 0 Å². The maximum absolute atomic E-state index is 12.2. The van der Waals surface area contributed by atoms with Gasteiger partial charge in [0.05, 0.1) is 23.2 Å². The Kier molecular flexibility index (Phi) is 5.79. The van der Waals surface area contributed by atoms with Crippen LogP contribution < -0.4 is 10.6 Å². The Bertz CT molecular complexity index is 651. The lowest BCUT2D eigenvalue weighted by Crippen LogP contribution is -2.37. The number of amides is 2. The molecule has 2 atom stereocenters. The van der Waals surface area contributed by atoms with E-state index >= 15 is 0 Å². The molecule has 6 nitrogen and oxygen atoms in total. The third-order valence-corrected chi connectivity index (χ3v) is 4.72. The first-order valence-corrected chi connectivity index (χ1v) is 8.63. The van der Waals surface area contributed by atoms with Gasteiger partial charge in [-0.1, -0.05) is 6.07 Å². The lowest BCUT2D eigenvalue weighted by atomic mass is 10.1. The van der Waals surface area contributed by atoms with E-state index in [1.165, 1.54) is 11.3 Å². The summed E-state index contributed by atoms with van der Waals surface area (Å²) in [5.74, 6) is 0. The lowest BCUT2D eigenvalue weighted by molar-refractivity contribution is 0.158. The SMILES string of the molecule is CCn1nc(C)c(NC(=O)NC(C)CC(O)c2cccs2)c1C. The molecule has 0 aliphatic rings. The molecule has 0 fully saturated rings. The number of aryl methyl sites for hydroxylation is 2. The zero-order chi connectivity index (χ0) is 17.0. The van der Waals surface area contributed by atoms with Crippen LogP contribution in [0.3, 0.4) is 0 Å². The number of rotatable bonds is 6. The largest absolute Gasteiger partial charge is 0.387 e. The fourth-order valence-electron chi connectivity index (χ4n) is 2.55. The van der Waals surface area contributed by atoms with Crippen molar-refractivity contribution in [1.82, 2.24) is 15.1 Å². The van der Waals surface area contributed by atoms with Gasteiger partial charge in [0.25, 0.3) is 0 Å². The van der Waals surface area contributed by atoms with E-state index in [1.807, 2.05) is 49.9 Å². The molecule has 0 aromatic carbocycles. The molecule has 23 heavy (non-hydrogen) atoms. The third-order valence-electron chi connectivity index (χ3n) is 3.75. The van der Waals surface area contributed by atoms with Gasteiger partial charge in [-0.15, -0.1) is 11.3 Å². The highest BCUT2D eigenvalue weighted by atomic mass is 32.1. The van der Waals surface area contributed by atoms with Crippen molar-refractivity contribution in [2.75, 3.05) is 5.32 Å². The van der Waals surface area contributed by atoms with Crippen molar-refractivity contribution in [1.29, 1.82) is 0 Å². The molecule has 0 saturated heterocycles. The molecule has 0 bridgehead atoms. The lowest BCUT2D eigenvalue weighted by Gasteiger charge is -2.17. The number of nitrogens with one attached hydrogen (secondary N) is 2. The Morgan fingerprint density at radius 2 is 2.22 bits per heavy atom. The molecule has 2 heterocycles. The van der Waals surface area contributed by atoms with E-state index < -0.39 is 6.10 Å². The second kappa shape index (κ2) is 7.61. The molecule has 3 N–H and O–H groups in total. The molecule has 0 spiro atoms. The molecule has 0 aliphatic heterocycles. The molecule has 2 rings (SSSR count). The number of carbonyl (C=O) groups excluding carboxylic acids is 1. The van der Waals surface area contributed by atoms with E-state index in [2.05, 4.69) is 15.7 Å². The Morgan fingerprint density at radius 1 is 1.48 bits per heavy atom. The normalized spacial score (nSPS) is 13.6. The predicted molar refractivity (Wildman–Crippen MR) is 92.9 cm³/mol.